The third-order valence-corrected chi connectivity index (χ3v) is 5.88. The quantitative estimate of drug-likeness (QED) is 0.649. The Balaban J connectivity index is 1.59. The summed E-state index contributed by atoms with van der Waals surface area (Å²) in [5.41, 5.74) is 1.17. The number of aliphatic hydroxyl groups excluding tert-OH is 1. The minimum atomic E-state index is -4.60. The van der Waals surface area contributed by atoms with Crippen LogP contribution in [0.1, 0.15) is 21.7 Å². The lowest BCUT2D eigenvalue weighted by Gasteiger charge is -2.28. The Bertz CT molecular complexity index is 1090. The number of hydrogen-bond donors (Lipinski definition) is 2. The summed E-state index contributed by atoms with van der Waals surface area (Å²) in [6.45, 7) is -1.81. The molecule has 2 aliphatic heterocycles. The first-order valence-corrected chi connectivity index (χ1v) is 10.5. The summed E-state index contributed by atoms with van der Waals surface area (Å²) in [7, 11) is 0. The number of aliphatic hydroxyl groups is 1. The Morgan fingerprint density at radius 2 is 2.06 bits per heavy atom. The van der Waals surface area contributed by atoms with Crippen molar-refractivity contribution in [2.45, 2.75) is 25.7 Å². The van der Waals surface area contributed by atoms with Crippen LogP contribution < -0.4 is 5.32 Å². The zero-order valence-electron chi connectivity index (χ0n) is 17.2. The van der Waals surface area contributed by atoms with Gasteiger partial charge in [0.05, 0.1) is 17.3 Å². The van der Waals surface area contributed by atoms with Crippen molar-refractivity contribution in [1.82, 2.24) is 19.6 Å². The Morgan fingerprint density at radius 3 is 2.73 bits per heavy atom. The van der Waals surface area contributed by atoms with Crippen LogP contribution in [0, 0.1) is 11.7 Å². The van der Waals surface area contributed by atoms with Gasteiger partial charge in [-0.2, -0.15) is 18.3 Å². The molecule has 2 N–H and O–H groups in total. The van der Waals surface area contributed by atoms with Crippen molar-refractivity contribution in [3.63, 3.8) is 0 Å². The number of nitrogens with zero attached hydrogens (tertiary/aromatic N) is 4. The van der Waals surface area contributed by atoms with Gasteiger partial charge in [-0.3, -0.25) is 9.48 Å². The highest BCUT2D eigenvalue weighted by atomic mass is 35.5. The number of benzene rings is 1. The number of aromatic nitrogens is 2. The van der Waals surface area contributed by atoms with Crippen molar-refractivity contribution in [3.8, 4) is 0 Å². The Labute approximate surface area is 190 Å². The van der Waals surface area contributed by atoms with Crippen LogP contribution in [0.2, 0.25) is 5.02 Å². The van der Waals surface area contributed by atoms with E-state index in [-0.39, 0.29) is 42.6 Å². The van der Waals surface area contributed by atoms with E-state index in [1.165, 1.54) is 21.7 Å². The molecule has 33 heavy (non-hydrogen) atoms. The molecule has 178 valence electrons. The van der Waals surface area contributed by atoms with Gasteiger partial charge in [0.1, 0.15) is 18.1 Å². The fraction of sp³-hybridized carbons (Fsp3) is 0.450. The molecular weight excluding hydrogens is 470 g/mol. The highest BCUT2D eigenvalue weighted by molar-refractivity contribution is 6.31. The van der Waals surface area contributed by atoms with E-state index >= 15 is 0 Å². The molecule has 0 aliphatic carbocycles. The molecule has 13 heteroatoms. The summed E-state index contributed by atoms with van der Waals surface area (Å²) >= 11 is 5.74. The van der Waals surface area contributed by atoms with Gasteiger partial charge in [0.25, 0.3) is 5.91 Å². The van der Waals surface area contributed by atoms with Crippen LogP contribution >= 0.6 is 11.6 Å². The maximum absolute atomic E-state index is 13.4. The molecule has 0 bridgehead atoms. The summed E-state index contributed by atoms with van der Waals surface area (Å²) in [5, 5.41) is 16.4. The number of carbonyl (C=O) groups excluding carboxylic acids is 2. The van der Waals surface area contributed by atoms with Gasteiger partial charge in [-0.05, 0) is 18.2 Å². The van der Waals surface area contributed by atoms with Gasteiger partial charge in [0.2, 0.25) is 0 Å². The van der Waals surface area contributed by atoms with Crippen molar-refractivity contribution >= 4 is 29.2 Å². The smallest absolute Gasteiger partial charge is 0.396 e. The number of anilines is 1. The molecule has 0 saturated carbocycles. The molecule has 3 heterocycles. The molecule has 3 amide bonds. The topological polar surface area (TPSA) is 90.7 Å². The Kier molecular flexibility index (Phi) is 6.23. The molecule has 8 nitrogen and oxygen atoms in total. The molecule has 2 aliphatic rings. The van der Waals surface area contributed by atoms with E-state index in [2.05, 4.69) is 10.4 Å². The SMILES string of the molecule is O=C(Nc1ccc(F)c(Cl)c1)N1CCc2nn3c(c2C1)C(=O)N(CC(F)(F)F)CC(CO)C3. The first kappa shape index (κ1) is 23.3. The molecule has 0 saturated heterocycles. The molecule has 0 fully saturated rings. The first-order valence-electron chi connectivity index (χ1n) is 10.1. The van der Waals surface area contributed by atoms with E-state index in [0.29, 0.717) is 22.6 Å². The van der Waals surface area contributed by atoms with Gasteiger partial charge in [0, 0.05) is 49.8 Å². The monoisotopic (exact) mass is 489 g/mol. The van der Waals surface area contributed by atoms with E-state index in [0.717, 1.165) is 6.07 Å². The van der Waals surface area contributed by atoms with Crippen molar-refractivity contribution in [3.05, 3.63) is 46.0 Å². The molecule has 0 radical (unpaired) electrons. The lowest BCUT2D eigenvalue weighted by atomic mass is 10.0. The Hall–Kier alpha value is -2.86. The van der Waals surface area contributed by atoms with E-state index in [9.17, 15) is 32.3 Å². The summed E-state index contributed by atoms with van der Waals surface area (Å²) < 4.78 is 53.9. The number of hydrogen-bond acceptors (Lipinski definition) is 4. The van der Waals surface area contributed by atoms with Crippen LogP contribution in [0.15, 0.2) is 18.2 Å². The van der Waals surface area contributed by atoms with E-state index in [1.807, 2.05) is 0 Å². The fourth-order valence-corrected chi connectivity index (χ4v) is 4.24. The number of fused-ring (bicyclic) bond motifs is 3. The standard InChI is InChI=1S/C20H20ClF4N5O3/c21-14-5-12(1-2-15(14)22)26-19(33)28-4-3-16-13(8-28)17-18(32)29(10-20(23,24)25)6-11(9-31)7-30(17)27-16/h1-2,5,11,31H,3-4,6-10H2,(H,26,33). The van der Waals surface area contributed by atoms with Crippen molar-refractivity contribution in [2.75, 3.05) is 31.6 Å². The molecule has 1 atom stereocenters. The molecular formula is C20H20ClF4N5O3. The molecule has 1 unspecified atom stereocenters. The second-order valence-corrected chi connectivity index (χ2v) is 8.44. The molecule has 0 spiro atoms. The van der Waals surface area contributed by atoms with Crippen molar-refractivity contribution in [1.29, 1.82) is 0 Å². The van der Waals surface area contributed by atoms with Gasteiger partial charge in [-0.1, -0.05) is 11.6 Å². The summed E-state index contributed by atoms with van der Waals surface area (Å²) in [4.78, 5) is 27.9. The number of halogens is 5. The van der Waals surface area contributed by atoms with Gasteiger partial charge >= 0.3 is 12.2 Å². The number of rotatable bonds is 3. The van der Waals surface area contributed by atoms with Crippen LogP contribution in [-0.4, -0.2) is 69.0 Å². The maximum atomic E-state index is 13.4. The van der Waals surface area contributed by atoms with Crippen molar-refractivity contribution in [2.24, 2.45) is 5.92 Å². The highest BCUT2D eigenvalue weighted by Gasteiger charge is 2.40. The Morgan fingerprint density at radius 1 is 1.30 bits per heavy atom. The van der Waals surface area contributed by atoms with E-state index < -0.39 is 43.0 Å². The largest absolute Gasteiger partial charge is 0.406 e. The third-order valence-electron chi connectivity index (χ3n) is 5.59. The van der Waals surface area contributed by atoms with Crippen molar-refractivity contribution < 1.29 is 32.3 Å². The van der Waals surface area contributed by atoms with Gasteiger partial charge < -0.3 is 20.2 Å². The van der Waals surface area contributed by atoms with Crippen LogP contribution in [-0.2, 0) is 19.5 Å². The predicted octanol–water partition coefficient (Wildman–Crippen LogP) is 2.89. The number of nitrogens with one attached hydrogen (secondary N) is 1. The summed E-state index contributed by atoms with van der Waals surface area (Å²) in [6, 6.07) is 3.16. The van der Waals surface area contributed by atoms with Crippen LogP contribution in [0.25, 0.3) is 0 Å². The molecule has 1 aromatic carbocycles. The average Bonchev–Trinajstić information content (AvgIpc) is 3.04. The summed E-state index contributed by atoms with van der Waals surface area (Å²) in [6.07, 6.45) is -4.31. The normalized spacial score (nSPS) is 18.6. The number of alkyl halides is 3. The van der Waals surface area contributed by atoms with Crippen LogP contribution in [0.5, 0.6) is 0 Å². The van der Waals surface area contributed by atoms with E-state index in [4.69, 9.17) is 11.6 Å². The van der Waals surface area contributed by atoms with Crippen LogP contribution in [0.3, 0.4) is 0 Å². The van der Waals surface area contributed by atoms with Gasteiger partial charge in [-0.15, -0.1) is 0 Å². The van der Waals surface area contributed by atoms with Gasteiger partial charge in [-0.25, -0.2) is 9.18 Å². The predicted molar refractivity (Wildman–Crippen MR) is 109 cm³/mol. The lowest BCUT2D eigenvalue weighted by molar-refractivity contribution is -0.141. The average molecular weight is 490 g/mol. The molecule has 4 rings (SSSR count). The zero-order valence-corrected chi connectivity index (χ0v) is 18.0. The minimum Gasteiger partial charge on any atom is -0.396 e. The number of urea groups is 1. The summed E-state index contributed by atoms with van der Waals surface area (Å²) in [5.74, 6) is -2.09. The van der Waals surface area contributed by atoms with E-state index in [1.54, 1.807) is 0 Å². The minimum absolute atomic E-state index is 0.00692. The fourth-order valence-electron chi connectivity index (χ4n) is 4.06. The maximum Gasteiger partial charge on any atom is 0.406 e. The highest BCUT2D eigenvalue weighted by Crippen LogP contribution is 2.29. The number of carbonyl (C=O) groups is 2. The molecule has 1 aromatic heterocycles. The first-order chi connectivity index (χ1) is 15.6. The van der Waals surface area contributed by atoms with Gasteiger partial charge in [0.15, 0.2) is 0 Å². The molecule has 2 aromatic rings. The van der Waals surface area contributed by atoms with Crippen LogP contribution in [0.4, 0.5) is 28.0 Å². The number of amides is 3. The lowest BCUT2D eigenvalue weighted by Crippen LogP contribution is -2.42. The zero-order chi connectivity index (χ0) is 23.9. The second-order valence-electron chi connectivity index (χ2n) is 8.04. The third kappa shape index (κ3) is 4.91. The second kappa shape index (κ2) is 8.82.